The summed E-state index contributed by atoms with van der Waals surface area (Å²) >= 11 is 0. The number of likely N-dealkylation sites (tertiary alicyclic amines) is 1. The molecule has 1 aliphatic carbocycles. The molecule has 136 valence electrons. The van der Waals surface area contributed by atoms with E-state index in [4.69, 9.17) is 9.47 Å². The fourth-order valence-electron chi connectivity index (χ4n) is 3.70. The fourth-order valence-corrected chi connectivity index (χ4v) is 3.70. The highest BCUT2D eigenvalue weighted by molar-refractivity contribution is 5.86. The molecular formula is C20H27NO4. The molecule has 25 heavy (non-hydrogen) atoms. The number of hydrogen-bond donors (Lipinski definition) is 0. The highest BCUT2D eigenvalue weighted by Gasteiger charge is 2.33. The number of nitrogens with zero attached hydrogens (tertiary/aromatic N) is 1. The zero-order valence-electron chi connectivity index (χ0n) is 14.7. The minimum atomic E-state index is -0.499. The molecule has 0 N–H and O–H groups in total. The van der Waals surface area contributed by atoms with Crippen LogP contribution in [0.2, 0.25) is 0 Å². The molecule has 1 saturated heterocycles. The number of hydrogen-bond acceptors (Lipinski definition) is 4. The molecule has 0 aromatic heterocycles. The summed E-state index contributed by atoms with van der Waals surface area (Å²) in [5.41, 5.74) is 1.11. The number of ether oxygens (including phenoxy) is 2. The Kier molecular flexibility index (Phi) is 6.45. The Bertz CT molecular complexity index is 568. The van der Waals surface area contributed by atoms with Gasteiger partial charge in [-0.2, -0.15) is 0 Å². The van der Waals surface area contributed by atoms with Crippen LogP contribution in [-0.2, 0) is 20.9 Å². The molecule has 1 aliphatic heterocycles. The van der Waals surface area contributed by atoms with E-state index < -0.39 is 6.09 Å². The Hall–Kier alpha value is -1.88. The first-order chi connectivity index (χ1) is 12.2. The fraction of sp³-hybridized carbons (Fsp3) is 0.600. The van der Waals surface area contributed by atoms with Gasteiger partial charge in [-0.3, -0.25) is 4.79 Å². The van der Waals surface area contributed by atoms with Crippen LogP contribution < -0.4 is 0 Å². The van der Waals surface area contributed by atoms with Crippen molar-refractivity contribution in [1.29, 1.82) is 0 Å². The maximum Gasteiger partial charge on any atom is 0.417 e. The number of carbonyl (C=O) groups excluding carboxylic acids is 2. The molecule has 1 heterocycles. The maximum atomic E-state index is 12.4. The van der Waals surface area contributed by atoms with Crippen LogP contribution in [0.3, 0.4) is 0 Å². The lowest BCUT2D eigenvalue weighted by Crippen LogP contribution is -2.40. The van der Waals surface area contributed by atoms with Crippen LogP contribution in [0.1, 0.15) is 50.5 Å². The second-order valence-electron chi connectivity index (χ2n) is 7.01. The molecule has 2 fully saturated rings. The highest BCUT2D eigenvalue weighted by atomic mass is 16.6. The van der Waals surface area contributed by atoms with Gasteiger partial charge in [-0.05, 0) is 31.2 Å². The summed E-state index contributed by atoms with van der Waals surface area (Å²) in [7, 11) is 0. The van der Waals surface area contributed by atoms with Gasteiger partial charge in [-0.1, -0.05) is 49.6 Å². The van der Waals surface area contributed by atoms with Crippen molar-refractivity contribution in [3.63, 3.8) is 0 Å². The topological polar surface area (TPSA) is 55.8 Å². The normalized spacial score (nSPS) is 21.3. The van der Waals surface area contributed by atoms with Crippen LogP contribution in [0.15, 0.2) is 30.3 Å². The minimum absolute atomic E-state index is 0.00429. The summed E-state index contributed by atoms with van der Waals surface area (Å²) in [6.45, 7) is 1.64. The van der Waals surface area contributed by atoms with Crippen molar-refractivity contribution in [2.75, 3.05) is 13.2 Å². The number of carbonyl (C=O) groups is 2. The molecule has 2 aliphatic rings. The third-order valence-electron chi connectivity index (χ3n) is 5.16. The summed E-state index contributed by atoms with van der Waals surface area (Å²) in [5, 5.41) is 0. The summed E-state index contributed by atoms with van der Waals surface area (Å²) in [6, 6.07) is 9.97. The Morgan fingerprint density at radius 2 is 1.76 bits per heavy atom. The quantitative estimate of drug-likeness (QED) is 0.600. The first-order valence-electron chi connectivity index (χ1n) is 9.38. The zero-order chi connectivity index (χ0) is 17.5. The Balaban J connectivity index is 1.45. The van der Waals surface area contributed by atoms with Gasteiger partial charge >= 0.3 is 12.1 Å². The van der Waals surface area contributed by atoms with Crippen molar-refractivity contribution in [3.8, 4) is 0 Å². The van der Waals surface area contributed by atoms with Crippen LogP contribution in [0.25, 0.3) is 0 Å². The van der Waals surface area contributed by atoms with Crippen LogP contribution in [-0.4, -0.2) is 36.2 Å². The van der Waals surface area contributed by atoms with Gasteiger partial charge in [0.15, 0.2) is 0 Å². The molecule has 1 unspecified atom stereocenters. The molecule has 1 aromatic carbocycles. The molecule has 1 atom stereocenters. The van der Waals surface area contributed by atoms with Crippen molar-refractivity contribution in [3.05, 3.63) is 35.9 Å². The van der Waals surface area contributed by atoms with E-state index in [-0.39, 0.29) is 17.9 Å². The number of amides is 1. The predicted molar refractivity (Wildman–Crippen MR) is 93.9 cm³/mol. The molecular weight excluding hydrogens is 318 g/mol. The van der Waals surface area contributed by atoms with E-state index in [1.807, 2.05) is 30.3 Å². The molecule has 0 bridgehead atoms. The van der Waals surface area contributed by atoms with Gasteiger partial charge in [-0.15, -0.1) is 0 Å². The molecule has 3 rings (SSSR count). The third kappa shape index (κ3) is 5.05. The van der Waals surface area contributed by atoms with Gasteiger partial charge in [0.1, 0.15) is 0 Å². The summed E-state index contributed by atoms with van der Waals surface area (Å²) < 4.78 is 10.9. The van der Waals surface area contributed by atoms with Crippen molar-refractivity contribution < 1.29 is 19.1 Å². The molecule has 0 radical (unpaired) electrons. The standard InChI is InChI=1S/C20H27NO4/c22-19(17-10-5-2-6-11-17)25-20(23)21-13-7-12-18(21)15-24-14-16-8-3-1-4-9-16/h1,3-4,8-9,17-18H,2,5-7,10-15H2. The average molecular weight is 345 g/mol. The SMILES string of the molecule is O=C(OC(=O)N1CCCC1COCc1ccccc1)C1CCCCC1. The van der Waals surface area contributed by atoms with Crippen molar-refractivity contribution >= 4 is 12.1 Å². The lowest BCUT2D eigenvalue weighted by atomic mass is 9.89. The Morgan fingerprint density at radius 3 is 2.52 bits per heavy atom. The van der Waals surface area contributed by atoms with E-state index in [0.717, 1.165) is 44.1 Å². The van der Waals surface area contributed by atoms with E-state index in [9.17, 15) is 9.59 Å². The van der Waals surface area contributed by atoms with E-state index in [2.05, 4.69) is 0 Å². The predicted octanol–water partition coefficient (Wildman–Crippen LogP) is 3.91. The van der Waals surface area contributed by atoms with Gasteiger partial charge in [0.05, 0.1) is 25.2 Å². The lowest BCUT2D eigenvalue weighted by molar-refractivity contribution is -0.144. The summed E-state index contributed by atoms with van der Waals surface area (Å²) in [6.07, 6.45) is 6.27. The van der Waals surface area contributed by atoms with Crippen molar-refractivity contribution in [1.82, 2.24) is 4.90 Å². The van der Waals surface area contributed by atoms with Gasteiger partial charge in [0.2, 0.25) is 0 Å². The van der Waals surface area contributed by atoms with Crippen LogP contribution in [0.4, 0.5) is 4.79 Å². The van der Waals surface area contributed by atoms with Crippen LogP contribution in [0.5, 0.6) is 0 Å². The highest BCUT2D eigenvalue weighted by Crippen LogP contribution is 2.26. The van der Waals surface area contributed by atoms with E-state index >= 15 is 0 Å². The molecule has 0 spiro atoms. The third-order valence-corrected chi connectivity index (χ3v) is 5.16. The smallest absolute Gasteiger partial charge is 0.376 e. The van der Waals surface area contributed by atoms with Gasteiger partial charge in [0.25, 0.3) is 0 Å². The molecule has 5 heteroatoms. The monoisotopic (exact) mass is 345 g/mol. The van der Waals surface area contributed by atoms with E-state index in [1.165, 1.54) is 6.42 Å². The second-order valence-corrected chi connectivity index (χ2v) is 7.01. The number of esters is 1. The van der Waals surface area contributed by atoms with Crippen LogP contribution in [0, 0.1) is 5.92 Å². The van der Waals surface area contributed by atoms with E-state index in [0.29, 0.717) is 19.8 Å². The molecule has 5 nitrogen and oxygen atoms in total. The van der Waals surface area contributed by atoms with Crippen LogP contribution >= 0.6 is 0 Å². The zero-order valence-corrected chi connectivity index (χ0v) is 14.7. The van der Waals surface area contributed by atoms with Crippen molar-refractivity contribution in [2.45, 2.75) is 57.6 Å². The molecule has 1 amide bonds. The minimum Gasteiger partial charge on any atom is -0.376 e. The van der Waals surface area contributed by atoms with Gasteiger partial charge in [0, 0.05) is 6.54 Å². The largest absolute Gasteiger partial charge is 0.417 e. The first kappa shape index (κ1) is 17.9. The van der Waals surface area contributed by atoms with Gasteiger partial charge < -0.3 is 14.4 Å². The van der Waals surface area contributed by atoms with E-state index in [1.54, 1.807) is 4.90 Å². The van der Waals surface area contributed by atoms with Crippen molar-refractivity contribution in [2.24, 2.45) is 5.92 Å². The number of benzene rings is 1. The second kappa shape index (κ2) is 8.99. The molecule has 1 aromatic rings. The molecule has 1 saturated carbocycles. The van der Waals surface area contributed by atoms with Gasteiger partial charge in [-0.25, -0.2) is 4.79 Å². The Morgan fingerprint density at radius 1 is 1.00 bits per heavy atom. The maximum absolute atomic E-state index is 12.4. The summed E-state index contributed by atoms with van der Waals surface area (Å²) in [4.78, 5) is 26.2. The summed E-state index contributed by atoms with van der Waals surface area (Å²) in [5.74, 6) is -0.450. The lowest BCUT2D eigenvalue weighted by Gasteiger charge is -2.25. The first-order valence-corrected chi connectivity index (χ1v) is 9.38. The number of rotatable bonds is 5. The Labute approximate surface area is 149 Å². The average Bonchev–Trinajstić information content (AvgIpc) is 3.12.